The predicted octanol–water partition coefficient (Wildman–Crippen LogP) is 3.62. The van der Waals surface area contributed by atoms with Crippen LogP contribution in [0.2, 0.25) is 0 Å². The van der Waals surface area contributed by atoms with E-state index in [0.717, 1.165) is 53.5 Å². The third-order valence-electron chi connectivity index (χ3n) is 5.80. The van der Waals surface area contributed by atoms with Crippen molar-refractivity contribution in [2.45, 2.75) is 72.3 Å². The van der Waals surface area contributed by atoms with Crippen LogP contribution >= 0.6 is 0 Å². The number of nitrogens with zero attached hydrogens (tertiary/aromatic N) is 4. The summed E-state index contributed by atoms with van der Waals surface area (Å²) >= 11 is 0. The van der Waals surface area contributed by atoms with Gasteiger partial charge in [0.05, 0.1) is 5.69 Å². The van der Waals surface area contributed by atoms with Crippen LogP contribution in [0.5, 0.6) is 0 Å². The molecule has 0 N–H and O–H groups in total. The molecule has 1 aliphatic carbocycles. The predicted molar refractivity (Wildman–Crippen MR) is 99.7 cm³/mol. The van der Waals surface area contributed by atoms with Crippen LogP contribution in [-0.4, -0.2) is 38.5 Å². The van der Waals surface area contributed by atoms with Gasteiger partial charge in [0, 0.05) is 37.0 Å². The van der Waals surface area contributed by atoms with E-state index in [0.29, 0.717) is 12.5 Å². The SMILES string of the molecule is Cc1cc2nc(C)c(CCC(=O)N(C)C3CCC(C)CC3)c(C)n2n1. The number of rotatable bonds is 4. The molecular formula is C20H30N4O. The number of aryl methyl sites for hydroxylation is 3. The van der Waals surface area contributed by atoms with Crippen molar-refractivity contribution in [2.24, 2.45) is 5.92 Å². The van der Waals surface area contributed by atoms with Crippen molar-refractivity contribution in [3.05, 3.63) is 28.7 Å². The molecule has 0 bridgehead atoms. The van der Waals surface area contributed by atoms with Gasteiger partial charge < -0.3 is 4.90 Å². The fourth-order valence-electron chi connectivity index (χ4n) is 4.04. The van der Waals surface area contributed by atoms with Crippen molar-refractivity contribution in [1.29, 1.82) is 0 Å². The molecule has 1 fully saturated rings. The summed E-state index contributed by atoms with van der Waals surface area (Å²) < 4.78 is 1.90. The molecule has 2 heterocycles. The Morgan fingerprint density at radius 2 is 1.92 bits per heavy atom. The number of fused-ring (bicyclic) bond motifs is 1. The van der Waals surface area contributed by atoms with Gasteiger partial charge in [-0.15, -0.1) is 0 Å². The number of amides is 1. The van der Waals surface area contributed by atoms with E-state index in [1.54, 1.807) is 0 Å². The molecule has 5 nitrogen and oxygen atoms in total. The van der Waals surface area contributed by atoms with Crippen LogP contribution in [0.1, 0.15) is 61.7 Å². The Kier molecular flexibility index (Phi) is 5.11. The Morgan fingerprint density at radius 1 is 1.24 bits per heavy atom. The first-order valence-electron chi connectivity index (χ1n) is 9.45. The van der Waals surface area contributed by atoms with E-state index in [1.807, 2.05) is 36.4 Å². The maximum absolute atomic E-state index is 12.7. The third kappa shape index (κ3) is 3.70. The van der Waals surface area contributed by atoms with Crippen molar-refractivity contribution >= 4 is 11.6 Å². The molecule has 0 spiro atoms. The second-order valence-corrected chi connectivity index (χ2v) is 7.74. The summed E-state index contributed by atoms with van der Waals surface area (Å²) in [6, 6.07) is 2.41. The van der Waals surface area contributed by atoms with Crippen LogP contribution < -0.4 is 0 Å². The topological polar surface area (TPSA) is 50.5 Å². The number of hydrogen-bond donors (Lipinski definition) is 0. The average molecular weight is 342 g/mol. The Morgan fingerprint density at radius 3 is 2.60 bits per heavy atom. The summed E-state index contributed by atoms with van der Waals surface area (Å²) in [6.07, 6.45) is 6.02. The molecular weight excluding hydrogens is 312 g/mol. The molecule has 0 aliphatic heterocycles. The first kappa shape index (κ1) is 17.9. The van der Waals surface area contributed by atoms with Crippen LogP contribution in [0.15, 0.2) is 6.07 Å². The Bertz CT molecular complexity index is 772. The highest BCUT2D eigenvalue weighted by molar-refractivity contribution is 5.76. The van der Waals surface area contributed by atoms with E-state index < -0.39 is 0 Å². The van der Waals surface area contributed by atoms with Gasteiger partial charge in [0.15, 0.2) is 5.65 Å². The molecule has 1 saturated carbocycles. The van der Waals surface area contributed by atoms with Crippen LogP contribution in [0, 0.1) is 26.7 Å². The van der Waals surface area contributed by atoms with Crippen molar-refractivity contribution in [3.63, 3.8) is 0 Å². The van der Waals surface area contributed by atoms with E-state index >= 15 is 0 Å². The van der Waals surface area contributed by atoms with Gasteiger partial charge in [-0.25, -0.2) is 9.50 Å². The Labute approximate surface area is 150 Å². The smallest absolute Gasteiger partial charge is 0.222 e. The van der Waals surface area contributed by atoms with Gasteiger partial charge in [0.2, 0.25) is 5.91 Å². The molecule has 0 aromatic carbocycles. The first-order chi connectivity index (χ1) is 11.9. The molecule has 2 aromatic heterocycles. The molecule has 136 valence electrons. The van der Waals surface area contributed by atoms with E-state index in [4.69, 9.17) is 0 Å². The van der Waals surface area contributed by atoms with E-state index in [9.17, 15) is 4.79 Å². The fraction of sp³-hybridized carbons (Fsp3) is 0.650. The van der Waals surface area contributed by atoms with Gasteiger partial charge in [0.1, 0.15) is 0 Å². The van der Waals surface area contributed by atoms with Gasteiger partial charge in [0.25, 0.3) is 0 Å². The number of carbonyl (C=O) groups is 1. The summed E-state index contributed by atoms with van der Waals surface area (Å²) in [5, 5.41) is 4.52. The highest BCUT2D eigenvalue weighted by Crippen LogP contribution is 2.27. The highest BCUT2D eigenvalue weighted by Gasteiger charge is 2.25. The highest BCUT2D eigenvalue weighted by atomic mass is 16.2. The standard InChI is InChI=1S/C20H30N4O/c1-13-6-8-17(9-7-13)23(5)20(25)11-10-18-15(3)21-19-12-14(2)22-24(19)16(18)4/h12-13,17H,6-11H2,1-5H3. The molecule has 0 atom stereocenters. The van der Waals surface area contributed by atoms with Gasteiger partial charge in [-0.1, -0.05) is 6.92 Å². The fourth-order valence-corrected chi connectivity index (χ4v) is 4.04. The summed E-state index contributed by atoms with van der Waals surface area (Å²) in [6.45, 7) is 8.39. The lowest BCUT2D eigenvalue weighted by Gasteiger charge is -2.33. The third-order valence-corrected chi connectivity index (χ3v) is 5.80. The number of aromatic nitrogens is 3. The maximum Gasteiger partial charge on any atom is 0.222 e. The number of carbonyl (C=O) groups excluding carboxylic acids is 1. The van der Waals surface area contributed by atoms with Gasteiger partial charge >= 0.3 is 0 Å². The molecule has 1 aliphatic rings. The molecule has 25 heavy (non-hydrogen) atoms. The minimum atomic E-state index is 0.245. The maximum atomic E-state index is 12.7. The van der Waals surface area contributed by atoms with Crippen molar-refractivity contribution in [3.8, 4) is 0 Å². The summed E-state index contributed by atoms with van der Waals surface area (Å²) in [4.78, 5) is 19.3. The largest absolute Gasteiger partial charge is 0.343 e. The van der Waals surface area contributed by atoms with Crippen LogP contribution in [0.25, 0.3) is 5.65 Å². The second kappa shape index (κ2) is 7.14. The van der Waals surface area contributed by atoms with Crippen LogP contribution in [0.4, 0.5) is 0 Å². The normalized spacial score (nSPS) is 20.8. The Hall–Kier alpha value is -1.91. The summed E-state index contributed by atoms with van der Waals surface area (Å²) in [5.41, 5.74) is 5.10. The summed E-state index contributed by atoms with van der Waals surface area (Å²) in [7, 11) is 1.97. The molecule has 5 heteroatoms. The van der Waals surface area contributed by atoms with E-state index in [-0.39, 0.29) is 5.91 Å². The average Bonchev–Trinajstić information content (AvgIpc) is 2.95. The molecule has 3 rings (SSSR count). The molecule has 0 radical (unpaired) electrons. The van der Waals surface area contributed by atoms with Gasteiger partial charge in [-0.2, -0.15) is 5.10 Å². The van der Waals surface area contributed by atoms with Gasteiger partial charge in [-0.05, 0) is 64.4 Å². The van der Waals surface area contributed by atoms with Crippen molar-refractivity contribution in [2.75, 3.05) is 7.05 Å². The zero-order valence-corrected chi connectivity index (χ0v) is 16.2. The monoisotopic (exact) mass is 342 g/mol. The van der Waals surface area contributed by atoms with Crippen molar-refractivity contribution < 1.29 is 4.79 Å². The first-order valence-corrected chi connectivity index (χ1v) is 9.45. The van der Waals surface area contributed by atoms with Crippen LogP contribution in [0.3, 0.4) is 0 Å². The summed E-state index contributed by atoms with van der Waals surface area (Å²) in [5.74, 6) is 1.05. The lowest BCUT2D eigenvalue weighted by Crippen LogP contribution is -2.39. The molecule has 2 aromatic rings. The van der Waals surface area contributed by atoms with E-state index in [1.165, 1.54) is 12.8 Å². The van der Waals surface area contributed by atoms with E-state index in [2.05, 4.69) is 23.9 Å². The minimum Gasteiger partial charge on any atom is -0.343 e. The molecule has 1 amide bonds. The second-order valence-electron chi connectivity index (χ2n) is 7.74. The lowest BCUT2D eigenvalue weighted by atomic mass is 9.86. The zero-order valence-electron chi connectivity index (χ0n) is 16.2. The lowest BCUT2D eigenvalue weighted by molar-refractivity contribution is -0.132. The zero-order chi connectivity index (χ0) is 18.1. The number of hydrogen-bond acceptors (Lipinski definition) is 3. The van der Waals surface area contributed by atoms with Gasteiger partial charge in [-0.3, -0.25) is 4.79 Å². The molecule has 0 saturated heterocycles. The quantitative estimate of drug-likeness (QED) is 0.852. The Balaban J connectivity index is 1.68. The molecule has 0 unspecified atom stereocenters. The minimum absolute atomic E-state index is 0.245. The van der Waals surface area contributed by atoms with Crippen molar-refractivity contribution in [1.82, 2.24) is 19.5 Å². The van der Waals surface area contributed by atoms with Crippen LogP contribution in [-0.2, 0) is 11.2 Å².